The average molecular weight is 241 g/mol. The third kappa shape index (κ3) is 3.19. The molecule has 0 spiro atoms. The van der Waals surface area contributed by atoms with Gasteiger partial charge < -0.3 is 14.7 Å². The normalized spacial score (nSPS) is 30.5. The molecule has 1 aliphatic carbocycles. The lowest BCUT2D eigenvalue weighted by molar-refractivity contribution is -0.138. The number of carbonyl (C=O) groups excluding carboxylic acids is 1. The van der Waals surface area contributed by atoms with Crippen molar-refractivity contribution in [3.05, 3.63) is 0 Å². The zero-order valence-electron chi connectivity index (χ0n) is 10.6. The van der Waals surface area contributed by atoms with E-state index in [4.69, 9.17) is 4.74 Å². The summed E-state index contributed by atoms with van der Waals surface area (Å²) in [6.07, 6.45) is 4.51. The maximum absolute atomic E-state index is 12.2. The summed E-state index contributed by atoms with van der Waals surface area (Å²) in [4.78, 5) is 14.0. The Bertz CT molecular complexity index is 263. The van der Waals surface area contributed by atoms with Crippen LogP contribution in [-0.2, 0) is 9.53 Å². The van der Waals surface area contributed by atoms with Gasteiger partial charge in [0.15, 0.2) is 0 Å². The number of ether oxygens (including phenoxy) is 1. The summed E-state index contributed by atoms with van der Waals surface area (Å²) < 4.78 is 5.27. The van der Waals surface area contributed by atoms with Crippen molar-refractivity contribution in [1.82, 2.24) is 4.90 Å². The van der Waals surface area contributed by atoms with E-state index in [1.54, 1.807) is 0 Å². The van der Waals surface area contributed by atoms with E-state index in [-0.39, 0.29) is 23.8 Å². The lowest BCUT2D eigenvalue weighted by atomic mass is 9.97. The Kier molecular flexibility index (Phi) is 4.40. The number of aliphatic hydroxyl groups is 1. The summed E-state index contributed by atoms with van der Waals surface area (Å²) in [7, 11) is 1.86. The quantitative estimate of drug-likeness (QED) is 0.803. The highest BCUT2D eigenvalue weighted by Gasteiger charge is 2.30. The Balaban J connectivity index is 1.81. The lowest BCUT2D eigenvalue weighted by Gasteiger charge is -2.29. The van der Waals surface area contributed by atoms with Crippen LogP contribution in [-0.4, -0.2) is 48.8 Å². The van der Waals surface area contributed by atoms with Crippen molar-refractivity contribution in [3.8, 4) is 0 Å². The van der Waals surface area contributed by atoms with Gasteiger partial charge in [0.25, 0.3) is 0 Å². The molecule has 0 radical (unpaired) electrons. The minimum Gasteiger partial charge on any atom is -0.393 e. The Morgan fingerprint density at radius 3 is 2.59 bits per heavy atom. The van der Waals surface area contributed by atoms with Gasteiger partial charge in [0.2, 0.25) is 5.91 Å². The molecule has 0 aromatic rings. The monoisotopic (exact) mass is 241 g/mol. The highest BCUT2D eigenvalue weighted by molar-refractivity contribution is 5.78. The van der Waals surface area contributed by atoms with Crippen molar-refractivity contribution >= 4 is 5.91 Å². The molecule has 17 heavy (non-hydrogen) atoms. The van der Waals surface area contributed by atoms with Crippen LogP contribution in [0.15, 0.2) is 0 Å². The average Bonchev–Trinajstić information content (AvgIpc) is 2.75. The third-order valence-corrected chi connectivity index (χ3v) is 4.07. The van der Waals surface area contributed by atoms with Crippen molar-refractivity contribution in [1.29, 1.82) is 0 Å². The van der Waals surface area contributed by atoms with Crippen LogP contribution in [0.3, 0.4) is 0 Å². The number of carbonyl (C=O) groups is 1. The standard InChI is InChI=1S/C13H23NO3/c1-14(9-11-3-2-4-12(11)15)13(16)10-5-7-17-8-6-10/h10-12,15H,2-9H2,1H3. The minimum atomic E-state index is -0.208. The third-order valence-electron chi connectivity index (χ3n) is 4.07. The first-order valence-corrected chi connectivity index (χ1v) is 6.69. The van der Waals surface area contributed by atoms with Gasteiger partial charge >= 0.3 is 0 Å². The SMILES string of the molecule is CN(CC1CCCC1O)C(=O)C1CCOCC1. The lowest BCUT2D eigenvalue weighted by Crippen LogP contribution is -2.39. The van der Waals surface area contributed by atoms with Gasteiger partial charge in [-0.1, -0.05) is 6.42 Å². The van der Waals surface area contributed by atoms with E-state index in [1.165, 1.54) is 0 Å². The molecule has 2 fully saturated rings. The summed E-state index contributed by atoms with van der Waals surface area (Å²) in [5.74, 6) is 0.642. The van der Waals surface area contributed by atoms with E-state index in [9.17, 15) is 9.90 Å². The number of aliphatic hydroxyl groups excluding tert-OH is 1. The van der Waals surface area contributed by atoms with Gasteiger partial charge in [0.1, 0.15) is 0 Å². The van der Waals surface area contributed by atoms with E-state index in [0.29, 0.717) is 19.8 Å². The van der Waals surface area contributed by atoms with Crippen molar-refractivity contribution in [2.45, 2.75) is 38.2 Å². The Labute approximate surface area is 103 Å². The van der Waals surface area contributed by atoms with Gasteiger partial charge in [-0.2, -0.15) is 0 Å². The van der Waals surface area contributed by atoms with E-state index in [1.807, 2.05) is 11.9 Å². The van der Waals surface area contributed by atoms with E-state index >= 15 is 0 Å². The first-order chi connectivity index (χ1) is 8.18. The van der Waals surface area contributed by atoms with Crippen molar-refractivity contribution in [2.24, 2.45) is 11.8 Å². The summed E-state index contributed by atoms with van der Waals surface area (Å²) in [5.41, 5.74) is 0. The van der Waals surface area contributed by atoms with E-state index < -0.39 is 0 Å². The molecule has 2 rings (SSSR count). The first-order valence-electron chi connectivity index (χ1n) is 6.69. The second kappa shape index (κ2) is 5.83. The molecule has 1 saturated heterocycles. The molecule has 0 aromatic heterocycles. The van der Waals surface area contributed by atoms with Crippen molar-refractivity contribution < 1.29 is 14.6 Å². The molecule has 1 saturated carbocycles. The van der Waals surface area contributed by atoms with E-state index in [2.05, 4.69) is 0 Å². The molecule has 1 amide bonds. The van der Waals surface area contributed by atoms with Crippen molar-refractivity contribution in [3.63, 3.8) is 0 Å². The summed E-state index contributed by atoms with van der Waals surface area (Å²) >= 11 is 0. The van der Waals surface area contributed by atoms with Crippen LogP contribution in [0.25, 0.3) is 0 Å². The zero-order valence-corrected chi connectivity index (χ0v) is 10.6. The maximum atomic E-state index is 12.2. The second-order valence-corrected chi connectivity index (χ2v) is 5.36. The van der Waals surface area contributed by atoms with Crippen LogP contribution >= 0.6 is 0 Å². The fraction of sp³-hybridized carbons (Fsp3) is 0.923. The Morgan fingerprint density at radius 2 is 2.00 bits per heavy atom. The molecular formula is C13H23NO3. The maximum Gasteiger partial charge on any atom is 0.225 e. The number of amides is 1. The van der Waals surface area contributed by atoms with Crippen LogP contribution in [0.4, 0.5) is 0 Å². The van der Waals surface area contributed by atoms with Crippen LogP contribution < -0.4 is 0 Å². The van der Waals surface area contributed by atoms with Gasteiger partial charge in [0.05, 0.1) is 6.10 Å². The van der Waals surface area contributed by atoms with Crippen LogP contribution in [0.2, 0.25) is 0 Å². The molecule has 98 valence electrons. The molecule has 2 unspecified atom stereocenters. The number of hydrogen-bond acceptors (Lipinski definition) is 3. The van der Waals surface area contributed by atoms with Gasteiger partial charge in [0, 0.05) is 38.6 Å². The summed E-state index contributed by atoms with van der Waals surface area (Å²) in [6, 6.07) is 0. The molecule has 4 nitrogen and oxygen atoms in total. The molecular weight excluding hydrogens is 218 g/mol. The minimum absolute atomic E-state index is 0.132. The molecule has 2 atom stereocenters. The van der Waals surface area contributed by atoms with Gasteiger partial charge in [-0.15, -0.1) is 0 Å². The highest BCUT2D eigenvalue weighted by Crippen LogP contribution is 2.27. The molecule has 1 heterocycles. The first kappa shape index (κ1) is 12.8. The number of rotatable bonds is 3. The largest absolute Gasteiger partial charge is 0.393 e. The van der Waals surface area contributed by atoms with Crippen LogP contribution in [0.1, 0.15) is 32.1 Å². The molecule has 1 N–H and O–H groups in total. The van der Waals surface area contributed by atoms with Crippen LogP contribution in [0.5, 0.6) is 0 Å². The predicted octanol–water partition coefficient (Wildman–Crippen LogP) is 1.03. The Morgan fingerprint density at radius 1 is 1.29 bits per heavy atom. The second-order valence-electron chi connectivity index (χ2n) is 5.36. The predicted molar refractivity (Wildman–Crippen MR) is 64.5 cm³/mol. The van der Waals surface area contributed by atoms with Gasteiger partial charge in [-0.3, -0.25) is 4.79 Å². The zero-order chi connectivity index (χ0) is 12.3. The highest BCUT2D eigenvalue weighted by atomic mass is 16.5. The molecule has 4 heteroatoms. The summed E-state index contributed by atoms with van der Waals surface area (Å²) in [5, 5.41) is 9.77. The molecule has 1 aliphatic heterocycles. The van der Waals surface area contributed by atoms with Crippen LogP contribution in [0, 0.1) is 11.8 Å². The van der Waals surface area contributed by atoms with Crippen molar-refractivity contribution in [2.75, 3.05) is 26.8 Å². The number of nitrogens with zero attached hydrogens (tertiary/aromatic N) is 1. The fourth-order valence-electron chi connectivity index (χ4n) is 2.93. The smallest absolute Gasteiger partial charge is 0.225 e. The molecule has 0 aromatic carbocycles. The topological polar surface area (TPSA) is 49.8 Å². The summed E-state index contributed by atoms with van der Waals surface area (Å²) in [6.45, 7) is 2.12. The Hall–Kier alpha value is -0.610. The van der Waals surface area contributed by atoms with Gasteiger partial charge in [-0.25, -0.2) is 0 Å². The fourth-order valence-corrected chi connectivity index (χ4v) is 2.93. The van der Waals surface area contributed by atoms with Gasteiger partial charge in [-0.05, 0) is 25.7 Å². The van der Waals surface area contributed by atoms with E-state index in [0.717, 1.165) is 32.1 Å². The number of hydrogen-bond donors (Lipinski definition) is 1. The molecule has 0 bridgehead atoms. The molecule has 2 aliphatic rings.